The van der Waals surface area contributed by atoms with Crippen molar-refractivity contribution < 1.29 is 23.1 Å². The number of thioether (sulfide) groups is 1. The number of rotatable bonds is 7. The summed E-state index contributed by atoms with van der Waals surface area (Å²) in [6.45, 7) is 3.57. The van der Waals surface area contributed by atoms with Crippen LogP contribution in [0.25, 0.3) is 0 Å². The van der Waals surface area contributed by atoms with Gasteiger partial charge in [0.15, 0.2) is 0 Å². The predicted octanol–water partition coefficient (Wildman–Crippen LogP) is 5.20. The van der Waals surface area contributed by atoms with Crippen LogP contribution >= 0.6 is 23.4 Å². The molecule has 5 nitrogen and oxygen atoms in total. The van der Waals surface area contributed by atoms with E-state index in [1.54, 1.807) is 18.0 Å². The van der Waals surface area contributed by atoms with Crippen molar-refractivity contribution in [3.05, 3.63) is 57.6 Å². The van der Waals surface area contributed by atoms with Crippen molar-refractivity contribution in [3.8, 4) is 0 Å². The van der Waals surface area contributed by atoms with Gasteiger partial charge in [-0.2, -0.15) is 24.9 Å². The van der Waals surface area contributed by atoms with Crippen LogP contribution in [0.3, 0.4) is 0 Å². The number of benzene rings is 2. The standard InChI is InChI=1S/C21H23ClF3N3O2S/c1-20(2,30)15-10-16(26)12(11-27-7-8-31-3)9-17(15)28-19(29)13-5-4-6-14(18(13)22)21(23,24)25/h4-6,9-11,30H,7-8,26H2,1-3H3,(H,28,29). The Hall–Kier alpha value is -2.23. The molecule has 0 atom stereocenters. The van der Waals surface area contributed by atoms with Crippen molar-refractivity contribution in [1.29, 1.82) is 0 Å². The summed E-state index contributed by atoms with van der Waals surface area (Å²) in [6, 6.07) is 6.11. The van der Waals surface area contributed by atoms with Gasteiger partial charge in [0.2, 0.25) is 0 Å². The molecule has 0 heterocycles. The highest BCUT2D eigenvalue weighted by molar-refractivity contribution is 7.98. The van der Waals surface area contributed by atoms with Crippen LogP contribution in [-0.4, -0.2) is 35.8 Å². The number of halogens is 4. The van der Waals surface area contributed by atoms with Crippen molar-refractivity contribution in [2.45, 2.75) is 25.6 Å². The average Bonchev–Trinajstić information content (AvgIpc) is 2.65. The molecular weight excluding hydrogens is 451 g/mol. The number of hydrogen-bond acceptors (Lipinski definition) is 5. The van der Waals surface area contributed by atoms with Gasteiger partial charge in [0.05, 0.1) is 21.8 Å². The van der Waals surface area contributed by atoms with Gasteiger partial charge < -0.3 is 16.2 Å². The molecule has 0 bridgehead atoms. The second-order valence-electron chi connectivity index (χ2n) is 7.23. The first-order valence-electron chi connectivity index (χ1n) is 9.18. The largest absolute Gasteiger partial charge is 0.417 e. The topological polar surface area (TPSA) is 87.7 Å². The van der Waals surface area contributed by atoms with E-state index in [0.717, 1.165) is 17.9 Å². The van der Waals surface area contributed by atoms with E-state index in [1.165, 1.54) is 32.0 Å². The molecule has 0 aromatic heterocycles. The minimum absolute atomic E-state index is 0.187. The van der Waals surface area contributed by atoms with Crippen LogP contribution in [0.5, 0.6) is 0 Å². The summed E-state index contributed by atoms with van der Waals surface area (Å²) >= 11 is 7.50. The normalized spacial score (nSPS) is 12.4. The van der Waals surface area contributed by atoms with E-state index < -0.39 is 28.3 Å². The van der Waals surface area contributed by atoms with Crippen LogP contribution in [-0.2, 0) is 11.8 Å². The van der Waals surface area contributed by atoms with Crippen molar-refractivity contribution in [2.75, 3.05) is 29.6 Å². The van der Waals surface area contributed by atoms with Gasteiger partial charge >= 0.3 is 6.18 Å². The van der Waals surface area contributed by atoms with Crippen LogP contribution in [0, 0.1) is 0 Å². The Morgan fingerprint density at radius 1 is 1.29 bits per heavy atom. The number of aliphatic hydroxyl groups is 1. The number of hydrogen-bond donors (Lipinski definition) is 3. The van der Waals surface area contributed by atoms with Gasteiger partial charge in [-0.3, -0.25) is 9.79 Å². The zero-order valence-electron chi connectivity index (χ0n) is 17.2. The molecule has 0 saturated carbocycles. The number of alkyl halides is 3. The first kappa shape index (κ1) is 25.0. The van der Waals surface area contributed by atoms with Crippen LogP contribution < -0.4 is 11.1 Å². The minimum atomic E-state index is -4.70. The highest BCUT2D eigenvalue weighted by Gasteiger charge is 2.35. The maximum absolute atomic E-state index is 13.1. The van der Waals surface area contributed by atoms with E-state index in [0.29, 0.717) is 23.4 Å². The number of amides is 1. The predicted molar refractivity (Wildman–Crippen MR) is 121 cm³/mol. The molecule has 0 aliphatic heterocycles. The van der Waals surface area contributed by atoms with E-state index in [9.17, 15) is 23.1 Å². The Balaban J connectivity index is 2.47. The third-order valence-corrected chi connectivity index (χ3v) is 5.33. The number of nitrogens with zero attached hydrogens (tertiary/aromatic N) is 1. The zero-order valence-corrected chi connectivity index (χ0v) is 18.8. The summed E-state index contributed by atoms with van der Waals surface area (Å²) in [6.07, 6.45) is -1.20. The van der Waals surface area contributed by atoms with Crippen LogP contribution in [0.15, 0.2) is 35.3 Å². The van der Waals surface area contributed by atoms with E-state index in [-0.39, 0.29) is 11.3 Å². The average molecular weight is 474 g/mol. The highest BCUT2D eigenvalue weighted by atomic mass is 35.5. The molecule has 2 aromatic carbocycles. The molecule has 0 radical (unpaired) electrons. The van der Waals surface area contributed by atoms with Crippen molar-refractivity contribution in [2.24, 2.45) is 4.99 Å². The summed E-state index contributed by atoms with van der Waals surface area (Å²) in [7, 11) is 0. The third kappa shape index (κ3) is 6.38. The summed E-state index contributed by atoms with van der Waals surface area (Å²) in [5.41, 5.74) is 4.55. The molecule has 0 unspecified atom stereocenters. The Morgan fingerprint density at radius 2 is 1.97 bits per heavy atom. The zero-order chi connectivity index (χ0) is 23.4. The lowest BCUT2D eigenvalue weighted by molar-refractivity contribution is -0.137. The number of nitrogens with one attached hydrogen (secondary N) is 1. The maximum atomic E-state index is 13.1. The Morgan fingerprint density at radius 3 is 2.55 bits per heavy atom. The molecule has 0 aliphatic rings. The molecule has 0 spiro atoms. The SMILES string of the molecule is CSCCN=Cc1cc(NC(=O)c2cccc(C(F)(F)F)c2Cl)c(C(C)(C)O)cc1N. The van der Waals surface area contributed by atoms with Gasteiger partial charge in [-0.15, -0.1) is 0 Å². The molecule has 31 heavy (non-hydrogen) atoms. The van der Waals surface area contributed by atoms with E-state index >= 15 is 0 Å². The number of anilines is 2. The van der Waals surface area contributed by atoms with Gasteiger partial charge in [0.1, 0.15) is 0 Å². The number of aliphatic imine (C=N–C) groups is 1. The summed E-state index contributed by atoms with van der Waals surface area (Å²) in [4.78, 5) is 17.0. The van der Waals surface area contributed by atoms with Gasteiger partial charge in [-0.05, 0) is 44.4 Å². The molecule has 0 saturated heterocycles. The molecular formula is C21H23ClF3N3O2S. The molecule has 2 rings (SSSR count). The van der Waals surface area contributed by atoms with Crippen molar-refractivity contribution >= 4 is 46.9 Å². The van der Waals surface area contributed by atoms with Crippen molar-refractivity contribution in [3.63, 3.8) is 0 Å². The number of carbonyl (C=O) groups excluding carboxylic acids is 1. The third-order valence-electron chi connectivity index (χ3n) is 4.33. The highest BCUT2D eigenvalue weighted by Crippen LogP contribution is 2.37. The van der Waals surface area contributed by atoms with Crippen molar-refractivity contribution in [1.82, 2.24) is 0 Å². The molecule has 168 valence electrons. The summed E-state index contributed by atoms with van der Waals surface area (Å²) in [5, 5.41) is 12.3. The lowest BCUT2D eigenvalue weighted by atomic mass is 9.93. The van der Waals surface area contributed by atoms with Gasteiger partial charge in [-0.25, -0.2) is 0 Å². The van der Waals surface area contributed by atoms with E-state index in [1.807, 2.05) is 6.26 Å². The number of carbonyl (C=O) groups is 1. The molecule has 10 heteroatoms. The summed E-state index contributed by atoms with van der Waals surface area (Å²) in [5.74, 6) is -0.0351. The Labute approximate surface area is 187 Å². The fourth-order valence-electron chi connectivity index (χ4n) is 2.78. The second kappa shape index (κ2) is 9.93. The second-order valence-corrected chi connectivity index (χ2v) is 8.60. The van der Waals surface area contributed by atoms with Gasteiger partial charge in [-0.1, -0.05) is 17.7 Å². The maximum Gasteiger partial charge on any atom is 0.417 e. The molecule has 0 fully saturated rings. The number of nitrogens with two attached hydrogens (primary N) is 1. The first-order valence-corrected chi connectivity index (χ1v) is 11.0. The Bertz CT molecular complexity index is 989. The molecule has 4 N–H and O–H groups in total. The molecule has 2 aromatic rings. The van der Waals surface area contributed by atoms with Gasteiger partial charge in [0.25, 0.3) is 5.91 Å². The van der Waals surface area contributed by atoms with Gasteiger partial charge in [0, 0.05) is 41.0 Å². The summed E-state index contributed by atoms with van der Waals surface area (Å²) < 4.78 is 39.4. The lowest BCUT2D eigenvalue weighted by Gasteiger charge is -2.23. The van der Waals surface area contributed by atoms with Crippen LogP contribution in [0.4, 0.5) is 24.5 Å². The minimum Gasteiger partial charge on any atom is -0.398 e. The van der Waals surface area contributed by atoms with Crippen LogP contribution in [0.1, 0.15) is 40.9 Å². The fourth-order valence-corrected chi connectivity index (χ4v) is 3.38. The Kier molecular flexibility index (Phi) is 8.02. The van der Waals surface area contributed by atoms with E-state index in [2.05, 4.69) is 10.3 Å². The monoisotopic (exact) mass is 473 g/mol. The quantitative estimate of drug-likeness (QED) is 0.293. The van der Waals surface area contributed by atoms with Crippen LogP contribution in [0.2, 0.25) is 5.02 Å². The lowest BCUT2D eigenvalue weighted by Crippen LogP contribution is -2.22. The molecule has 0 aliphatic carbocycles. The first-order chi connectivity index (χ1) is 14.4. The fraction of sp³-hybridized carbons (Fsp3) is 0.333. The number of nitrogen functional groups attached to an aromatic ring is 1. The van der Waals surface area contributed by atoms with E-state index in [4.69, 9.17) is 17.3 Å². The molecule has 1 amide bonds. The smallest absolute Gasteiger partial charge is 0.398 e.